The van der Waals surface area contributed by atoms with E-state index in [2.05, 4.69) is 0 Å². The van der Waals surface area contributed by atoms with Gasteiger partial charge in [0.1, 0.15) is 5.58 Å². The first-order chi connectivity index (χ1) is 15.5. The quantitative estimate of drug-likeness (QED) is 0.511. The van der Waals surface area contributed by atoms with Gasteiger partial charge in [-0.2, -0.15) is 0 Å². The number of furan rings is 1. The third-order valence-corrected chi connectivity index (χ3v) is 5.87. The van der Waals surface area contributed by atoms with Crippen LogP contribution in [0.4, 0.5) is 0 Å². The van der Waals surface area contributed by atoms with Crippen molar-refractivity contribution in [3.05, 3.63) is 53.3 Å². The molecule has 2 heterocycles. The van der Waals surface area contributed by atoms with Crippen molar-refractivity contribution in [3.63, 3.8) is 0 Å². The number of para-hydroxylation sites is 1. The van der Waals surface area contributed by atoms with E-state index in [1.807, 2.05) is 43.3 Å². The summed E-state index contributed by atoms with van der Waals surface area (Å²) >= 11 is 0. The molecule has 0 bridgehead atoms. The molecule has 3 aromatic rings. The fourth-order valence-electron chi connectivity index (χ4n) is 4.22. The summed E-state index contributed by atoms with van der Waals surface area (Å²) in [5.41, 5.74) is 2.41. The summed E-state index contributed by atoms with van der Waals surface area (Å²) in [4.78, 5) is 15.4. The maximum atomic E-state index is 13.6. The molecule has 1 aliphatic heterocycles. The molecular formula is C25H29NO6. The molecule has 4 rings (SSSR count). The van der Waals surface area contributed by atoms with Crippen molar-refractivity contribution >= 4 is 16.9 Å². The summed E-state index contributed by atoms with van der Waals surface area (Å²) in [6.45, 7) is 3.47. The van der Waals surface area contributed by atoms with Crippen LogP contribution in [0.3, 0.4) is 0 Å². The average molecular weight is 440 g/mol. The van der Waals surface area contributed by atoms with E-state index in [1.54, 1.807) is 26.2 Å². The minimum atomic E-state index is -0.164. The zero-order chi connectivity index (χ0) is 22.7. The maximum Gasteiger partial charge on any atom is 0.290 e. The van der Waals surface area contributed by atoms with Gasteiger partial charge in [-0.25, -0.2) is 0 Å². The van der Waals surface area contributed by atoms with Crippen LogP contribution in [0, 0.1) is 6.92 Å². The highest BCUT2D eigenvalue weighted by atomic mass is 16.5. The Hall–Kier alpha value is -3.19. The SMILES string of the molecule is COc1cc(CN(C[C@H]2CCCO2)C(=O)c2oc3ccccc3c2C)cc(OC)c1OC. The summed E-state index contributed by atoms with van der Waals surface area (Å²) in [6.07, 6.45) is 1.93. The van der Waals surface area contributed by atoms with Gasteiger partial charge in [0.2, 0.25) is 5.75 Å². The Bertz CT molecular complexity index is 1070. The molecule has 7 heteroatoms. The van der Waals surface area contributed by atoms with Crippen molar-refractivity contribution in [2.75, 3.05) is 34.5 Å². The average Bonchev–Trinajstić information content (AvgIpc) is 3.45. The molecule has 0 radical (unpaired) electrons. The molecule has 170 valence electrons. The molecule has 1 saturated heterocycles. The predicted octanol–water partition coefficient (Wildman–Crippen LogP) is 4.59. The van der Waals surface area contributed by atoms with Crippen molar-refractivity contribution in [1.82, 2.24) is 4.90 Å². The highest BCUT2D eigenvalue weighted by Crippen LogP contribution is 2.38. The second kappa shape index (κ2) is 9.53. The molecule has 0 spiro atoms. The van der Waals surface area contributed by atoms with E-state index in [0.717, 1.165) is 36.0 Å². The number of nitrogens with zero attached hydrogens (tertiary/aromatic N) is 1. The van der Waals surface area contributed by atoms with Crippen LogP contribution < -0.4 is 14.2 Å². The number of rotatable bonds is 8. The first-order valence-corrected chi connectivity index (χ1v) is 10.7. The zero-order valence-electron chi connectivity index (χ0n) is 19.0. The molecule has 1 aliphatic rings. The molecule has 1 aromatic heterocycles. The summed E-state index contributed by atoms with van der Waals surface area (Å²) < 4.78 is 28.2. The van der Waals surface area contributed by atoms with E-state index < -0.39 is 0 Å². The van der Waals surface area contributed by atoms with Gasteiger partial charge in [0.15, 0.2) is 17.3 Å². The minimum absolute atomic E-state index is 0.00525. The Kier molecular flexibility index (Phi) is 6.55. The van der Waals surface area contributed by atoms with Crippen LogP contribution >= 0.6 is 0 Å². The number of methoxy groups -OCH3 is 3. The summed E-state index contributed by atoms with van der Waals surface area (Å²) in [6, 6.07) is 11.4. The van der Waals surface area contributed by atoms with E-state index in [4.69, 9.17) is 23.4 Å². The van der Waals surface area contributed by atoms with Crippen LogP contribution in [0.1, 0.15) is 34.5 Å². The van der Waals surface area contributed by atoms with Crippen molar-refractivity contribution in [1.29, 1.82) is 0 Å². The molecule has 0 unspecified atom stereocenters. The lowest BCUT2D eigenvalue weighted by molar-refractivity contribution is 0.0484. The van der Waals surface area contributed by atoms with Crippen LogP contribution in [0.5, 0.6) is 17.2 Å². The monoisotopic (exact) mass is 439 g/mol. The molecule has 2 aromatic carbocycles. The molecule has 1 atom stereocenters. The minimum Gasteiger partial charge on any atom is -0.493 e. The lowest BCUT2D eigenvalue weighted by atomic mass is 10.1. The zero-order valence-corrected chi connectivity index (χ0v) is 19.0. The van der Waals surface area contributed by atoms with Crippen LogP contribution in [0.15, 0.2) is 40.8 Å². The Morgan fingerprint density at radius 3 is 2.41 bits per heavy atom. The number of fused-ring (bicyclic) bond motifs is 1. The van der Waals surface area contributed by atoms with Crippen LogP contribution in [0.25, 0.3) is 11.0 Å². The molecule has 7 nitrogen and oxygen atoms in total. The molecule has 0 saturated carbocycles. The normalized spacial score (nSPS) is 15.7. The Labute approximate surface area is 187 Å². The number of hydrogen-bond acceptors (Lipinski definition) is 6. The fraction of sp³-hybridized carbons (Fsp3) is 0.400. The lowest BCUT2D eigenvalue weighted by Crippen LogP contribution is -2.37. The molecular weight excluding hydrogens is 410 g/mol. The number of hydrogen-bond donors (Lipinski definition) is 0. The van der Waals surface area contributed by atoms with Gasteiger partial charge in [-0.15, -0.1) is 0 Å². The first-order valence-electron chi connectivity index (χ1n) is 10.7. The number of carbonyl (C=O) groups is 1. The standard InChI is InChI=1S/C25H29NO6/c1-16-19-9-5-6-10-20(19)32-23(16)25(27)26(15-18-8-7-11-31-18)14-17-12-21(28-2)24(30-4)22(13-17)29-3/h5-6,9-10,12-13,18H,7-8,11,14-15H2,1-4H3/t18-/m1/s1. The third-order valence-electron chi connectivity index (χ3n) is 5.87. The first kappa shape index (κ1) is 22.0. The molecule has 32 heavy (non-hydrogen) atoms. The maximum absolute atomic E-state index is 13.6. The third kappa shape index (κ3) is 4.25. The van der Waals surface area contributed by atoms with Crippen molar-refractivity contribution in [3.8, 4) is 17.2 Å². The van der Waals surface area contributed by atoms with E-state index in [1.165, 1.54) is 0 Å². The Morgan fingerprint density at radius 1 is 1.09 bits per heavy atom. The summed E-state index contributed by atoms with van der Waals surface area (Å²) in [7, 11) is 4.72. The van der Waals surface area contributed by atoms with E-state index in [-0.39, 0.29) is 12.0 Å². The molecule has 1 amide bonds. The van der Waals surface area contributed by atoms with Gasteiger partial charge >= 0.3 is 0 Å². The number of amides is 1. The highest BCUT2D eigenvalue weighted by molar-refractivity contribution is 5.98. The van der Waals surface area contributed by atoms with Crippen LogP contribution in [-0.4, -0.2) is 51.4 Å². The number of aryl methyl sites for hydroxylation is 1. The van der Waals surface area contributed by atoms with Crippen molar-refractivity contribution in [2.45, 2.75) is 32.4 Å². The highest BCUT2D eigenvalue weighted by Gasteiger charge is 2.28. The predicted molar refractivity (Wildman–Crippen MR) is 121 cm³/mol. The Morgan fingerprint density at radius 2 is 1.81 bits per heavy atom. The van der Waals surface area contributed by atoms with Gasteiger partial charge in [-0.3, -0.25) is 4.79 Å². The smallest absolute Gasteiger partial charge is 0.290 e. The van der Waals surface area contributed by atoms with E-state index >= 15 is 0 Å². The topological polar surface area (TPSA) is 70.4 Å². The second-order valence-corrected chi connectivity index (χ2v) is 7.91. The summed E-state index contributed by atoms with van der Waals surface area (Å²) in [5.74, 6) is 1.81. The van der Waals surface area contributed by atoms with Gasteiger partial charge in [-0.1, -0.05) is 18.2 Å². The number of ether oxygens (including phenoxy) is 4. The summed E-state index contributed by atoms with van der Waals surface area (Å²) in [5, 5.41) is 0.945. The molecule has 1 fully saturated rings. The van der Waals surface area contributed by atoms with Crippen LogP contribution in [-0.2, 0) is 11.3 Å². The molecule has 0 N–H and O–H groups in total. The molecule has 0 aliphatic carbocycles. The van der Waals surface area contributed by atoms with Gasteiger partial charge in [0, 0.05) is 30.6 Å². The number of benzene rings is 2. The lowest BCUT2D eigenvalue weighted by Gasteiger charge is -2.26. The van der Waals surface area contributed by atoms with E-state index in [0.29, 0.717) is 41.7 Å². The van der Waals surface area contributed by atoms with Crippen molar-refractivity contribution in [2.24, 2.45) is 0 Å². The second-order valence-electron chi connectivity index (χ2n) is 7.91. The van der Waals surface area contributed by atoms with Gasteiger partial charge in [-0.05, 0) is 43.5 Å². The number of carbonyl (C=O) groups excluding carboxylic acids is 1. The van der Waals surface area contributed by atoms with Crippen molar-refractivity contribution < 1.29 is 28.2 Å². The van der Waals surface area contributed by atoms with Crippen LogP contribution in [0.2, 0.25) is 0 Å². The largest absolute Gasteiger partial charge is 0.493 e. The van der Waals surface area contributed by atoms with Gasteiger partial charge in [0.25, 0.3) is 5.91 Å². The fourth-order valence-corrected chi connectivity index (χ4v) is 4.22. The van der Waals surface area contributed by atoms with E-state index in [9.17, 15) is 4.79 Å². The van der Waals surface area contributed by atoms with Gasteiger partial charge < -0.3 is 28.3 Å². The Balaban J connectivity index is 1.69. The van der Waals surface area contributed by atoms with Gasteiger partial charge in [0.05, 0.1) is 27.4 Å².